The van der Waals surface area contributed by atoms with Crippen molar-refractivity contribution in [2.24, 2.45) is 0 Å². The molecule has 0 fully saturated rings. The first-order valence-electron chi connectivity index (χ1n) is 6.64. The second kappa shape index (κ2) is 7.10. The molecular formula is C14H24BrN3O. The second-order valence-corrected chi connectivity index (χ2v) is 6.43. The molecule has 1 amide bonds. The van der Waals surface area contributed by atoms with Gasteiger partial charge in [-0.15, -0.1) is 0 Å². The van der Waals surface area contributed by atoms with Crippen molar-refractivity contribution >= 4 is 21.8 Å². The zero-order valence-corrected chi connectivity index (χ0v) is 14.0. The summed E-state index contributed by atoms with van der Waals surface area (Å²) in [6.45, 7) is 7.15. The van der Waals surface area contributed by atoms with Crippen LogP contribution >= 0.6 is 15.9 Å². The Morgan fingerprint density at radius 3 is 2.58 bits per heavy atom. The Balaban J connectivity index is 2.67. The molecule has 1 unspecified atom stereocenters. The molecule has 4 nitrogen and oxygen atoms in total. The van der Waals surface area contributed by atoms with Crippen molar-refractivity contribution < 1.29 is 4.79 Å². The molecular weight excluding hydrogens is 306 g/mol. The van der Waals surface area contributed by atoms with E-state index in [0.717, 1.165) is 17.4 Å². The summed E-state index contributed by atoms with van der Waals surface area (Å²) in [6.07, 6.45) is 2.90. The van der Waals surface area contributed by atoms with E-state index in [2.05, 4.69) is 40.0 Å². The highest BCUT2D eigenvalue weighted by atomic mass is 79.9. The van der Waals surface area contributed by atoms with Gasteiger partial charge in [0.2, 0.25) is 0 Å². The number of carbonyl (C=O) groups is 1. The van der Waals surface area contributed by atoms with Gasteiger partial charge in [-0.1, -0.05) is 0 Å². The number of aromatic nitrogens is 1. The van der Waals surface area contributed by atoms with Gasteiger partial charge in [-0.2, -0.15) is 0 Å². The third-order valence-corrected chi connectivity index (χ3v) is 3.42. The first kappa shape index (κ1) is 16.2. The minimum Gasteiger partial charge on any atom is -0.348 e. The van der Waals surface area contributed by atoms with Crippen molar-refractivity contribution in [1.82, 2.24) is 14.8 Å². The van der Waals surface area contributed by atoms with Crippen LogP contribution in [0, 0.1) is 0 Å². The van der Waals surface area contributed by atoms with Crippen LogP contribution in [-0.2, 0) is 0 Å². The van der Waals surface area contributed by atoms with E-state index in [4.69, 9.17) is 0 Å². The van der Waals surface area contributed by atoms with Gasteiger partial charge in [0.25, 0.3) is 5.91 Å². The largest absolute Gasteiger partial charge is 0.348 e. The summed E-state index contributed by atoms with van der Waals surface area (Å²) in [7, 11) is 4.07. The zero-order chi connectivity index (χ0) is 14.6. The van der Waals surface area contributed by atoms with Gasteiger partial charge >= 0.3 is 0 Å². The summed E-state index contributed by atoms with van der Waals surface area (Å²) in [5.74, 6) is -0.00865. The fourth-order valence-corrected chi connectivity index (χ4v) is 2.31. The normalized spacial score (nSPS) is 13.1. The Labute approximate surface area is 124 Å². The van der Waals surface area contributed by atoms with Crippen LogP contribution in [0.1, 0.15) is 43.7 Å². The monoisotopic (exact) mass is 329 g/mol. The highest BCUT2D eigenvalue weighted by molar-refractivity contribution is 9.10. The van der Waals surface area contributed by atoms with E-state index < -0.39 is 0 Å². The summed E-state index contributed by atoms with van der Waals surface area (Å²) >= 11 is 3.43. The maximum atomic E-state index is 12.3. The van der Waals surface area contributed by atoms with Crippen LogP contribution in [0.3, 0.4) is 0 Å². The third-order valence-electron chi connectivity index (χ3n) is 2.99. The molecule has 0 aliphatic heterocycles. The van der Waals surface area contributed by atoms with E-state index in [-0.39, 0.29) is 18.0 Å². The Morgan fingerprint density at radius 2 is 2.05 bits per heavy atom. The molecule has 0 saturated carbocycles. The summed E-state index contributed by atoms with van der Waals surface area (Å²) in [6, 6.07) is 2.31. The molecule has 1 heterocycles. The molecule has 19 heavy (non-hydrogen) atoms. The molecule has 1 N–H and O–H groups in total. The van der Waals surface area contributed by atoms with Gasteiger partial charge in [0.1, 0.15) is 5.69 Å². The van der Waals surface area contributed by atoms with Crippen molar-refractivity contribution in [1.29, 1.82) is 0 Å². The molecule has 0 saturated heterocycles. The highest BCUT2D eigenvalue weighted by Crippen LogP contribution is 2.19. The van der Waals surface area contributed by atoms with Crippen molar-refractivity contribution in [2.75, 3.05) is 20.6 Å². The topological polar surface area (TPSA) is 37.3 Å². The zero-order valence-electron chi connectivity index (χ0n) is 12.4. The molecule has 0 bridgehead atoms. The molecule has 1 rings (SSSR count). The summed E-state index contributed by atoms with van der Waals surface area (Å²) in [4.78, 5) is 14.4. The van der Waals surface area contributed by atoms with Crippen molar-refractivity contribution in [3.8, 4) is 0 Å². The minimum absolute atomic E-state index is 0.00865. The predicted octanol–water partition coefficient (Wildman–Crippen LogP) is 2.90. The van der Waals surface area contributed by atoms with Crippen molar-refractivity contribution in [2.45, 2.75) is 39.3 Å². The van der Waals surface area contributed by atoms with Crippen LogP contribution in [0.2, 0.25) is 0 Å². The fourth-order valence-electron chi connectivity index (χ4n) is 1.88. The molecule has 0 radical (unpaired) electrons. The van der Waals surface area contributed by atoms with Crippen molar-refractivity contribution in [3.05, 3.63) is 22.4 Å². The quantitative estimate of drug-likeness (QED) is 0.871. The van der Waals surface area contributed by atoms with Crippen LogP contribution < -0.4 is 5.32 Å². The lowest BCUT2D eigenvalue weighted by atomic mass is 10.2. The molecule has 0 aromatic carbocycles. The average Bonchev–Trinajstić information content (AvgIpc) is 2.69. The molecule has 108 valence electrons. The van der Waals surface area contributed by atoms with Crippen LogP contribution in [0.4, 0.5) is 0 Å². The molecule has 1 aromatic rings. The van der Waals surface area contributed by atoms with Crippen LogP contribution in [0.15, 0.2) is 16.7 Å². The number of amides is 1. The molecule has 0 spiro atoms. The van der Waals surface area contributed by atoms with Crippen molar-refractivity contribution in [3.63, 3.8) is 0 Å². The summed E-state index contributed by atoms with van der Waals surface area (Å²) < 4.78 is 2.92. The van der Waals surface area contributed by atoms with Gasteiger partial charge in [0, 0.05) is 22.8 Å². The number of rotatable bonds is 6. The lowest BCUT2D eigenvalue weighted by molar-refractivity contribution is 0.0926. The Morgan fingerprint density at radius 1 is 1.42 bits per heavy atom. The SMILES string of the molecule is CC(CCN(C)C)NC(=O)c1cc(Br)cn1C(C)C. The Bertz CT molecular complexity index is 426. The van der Waals surface area contributed by atoms with Gasteiger partial charge in [-0.25, -0.2) is 0 Å². The second-order valence-electron chi connectivity index (χ2n) is 5.51. The minimum atomic E-state index is -0.00865. The number of carbonyl (C=O) groups excluding carboxylic acids is 1. The van der Waals surface area contributed by atoms with Gasteiger partial charge in [-0.05, 0) is 69.8 Å². The standard InChI is InChI=1S/C14H24BrN3O/c1-10(2)18-9-12(15)8-13(18)14(19)16-11(3)6-7-17(4)5/h8-11H,6-7H2,1-5H3,(H,16,19). The average molecular weight is 330 g/mol. The lowest BCUT2D eigenvalue weighted by Gasteiger charge is -2.18. The molecule has 1 atom stereocenters. The number of halogens is 1. The molecule has 0 aliphatic carbocycles. The van der Waals surface area contributed by atoms with E-state index in [1.807, 2.05) is 37.8 Å². The van der Waals surface area contributed by atoms with E-state index >= 15 is 0 Å². The van der Waals surface area contributed by atoms with Gasteiger partial charge in [-0.3, -0.25) is 4.79 Å². The van der Waals surface area contributed by atoms with Crippen LogP contribution in [-0.4, -0.2) is 42.1 Å². The van der Waals surface area contributed by atoms with Crippen LogP contribution in [0.5, 0.6) is 0 Å². The number of hydrogen-bond donors (Lipinski definition) is 1. The van der Waals surface area contributed by atoms with Crippen LogP contribution in [0.25, 0.3) is 0 Å². The molecule has 5 heteroatoms. The Kier molecular flexibility index (Phi) is 6.07. The van der Waals surface area contributed by atoms with E-state index in [9.17, 15) is 4.79 Å². The maximum absolute atomic E-state index is 12.3. The molecule has 1 aromatic heterocycles. The molecule has 0 aliphatic rings. The van der Waals surface area contributed by atoms with Gasteiger partial charge < -0.3 is 14.8 Å². The Hall–Kier alpha value is -0.810. The summed E-state index contributed by atoms with van der Waals surface area (Å²) in [5, 5.41) is 3.05. The van der Waals surface area contributed by atoms with E-state index in [0.29, 0.717) is 5.69 Å². The van der Waals surface area contributed by atoms with Gasteiger partial charge in [0.15, 0.2) is 0 Å². The first-order valence-corrected chi connectivity index (χ1v) is 7.43. The summed E-state index contributed by atoms with van der Waals surface area (Å²) in [5.41, 5.74) is 0.707. The fraction of sp³-hybridized carbons (Fsp3) is 0.643. The van der Waals surface area contributed by atoms with E-state index in [1.165, 1.54) is 0 Å². The first-order chi connectivity index (χ1) is 8.81. The number of nitrogens with one attached hydrogen (secondary N) is 1. The third kappa shape index (κ3) is 4.99. The smallest absolute Gasteiger partial charge is 0.268 e. The lowest BCUT2D eigenvalue weighted by Crippen LogP contribution is -2.36. The maximum Gasteiger partial charge on any atom is 0.268 e. The number of hydrogen-bond acceptors (Lipinski definition) is 2. The number of nitrogens with zero attached hydrogens (tertiary/aromatic N) is 2. The van der Waals surface area contributed by atoms with E-state index in [1.54, 1.807) is 0 Å². The van der Waals surface area contributed by atoms with Gasteiger partial charge in [0.05, 0.1) is 0 Å². The predicted molar refractivity (Wildman–Crippen MR) is 82.6 cm³/mol. The highest BCUT2D eigenvalue weighted by Gasteiger charge is 2.16.